The minimum atomic E-state index is -2.96. The van der Waals surface area contributed by atoms with E-state index in [1.54, 1.807) is 24.3 Å². The van der Waals surface area contributed by atoms with Crippen molar-refractivity contribution < 1.29 is 27.5 Å². The van der Waals surface area contributed by atoms with Crippen LogP contribution in [0, 0.1) is 0 Å². The van der Waals surface area contributed by atoms with Crippen LogP contribution in [0.25, 0.3) is 11.5 Å². The first kappa shape index (κ1) is 15.6. The number of esters is 1. The quantitative estimate of drug-likeness (QED) is 0.525. The Hall–Kier alpha value is -3.29. The van der Waals surface area contributed by atoms with E-state index < -0.39 is 12.6 Å². The highest BCUT2D eigenvalue weighted by Gasteiger charge is 2.12. The third kappa shape index (κ3) is 3.72. The van der Waals surface area contributed by atoms with Crippen molar-refractivity contribution in [3.8, 4) is 23.0 Å². The Labute approximate surface area is 134 Å². The third-order valence-corrected chi connectivity index (χ3v) is 2.97. The normalized spacial score (nSPS) is 10.6. The summed E-state index contributed by atoms with van der Waals surface area (Å²) in [4.78, 5) is 12.1. The zero-order valence-corrected chi connectivity index (χ0v) is 12.1. The number of rotatable bonds is 5. The standard InChI is InChI=1S/C16H10F2N2O4/c17-16(18)24-13-3-1-2-11(8-13)15(21)23-12-6-4-10(5-7-12)14-20-19-9-22-14/h1-9,16H. The molecule has 0 atom stereocenters. The fourth-order valence-corrected chi connectivity index (χ4v) is 1.93. The Morgan fingerprint density at radius 3 is 2.54 bits per heavy atom. The molecule has 0 spiro atoms. The first-order valence-electron chi connectivity index (χ1n) is 6.75. The summed E-state index contributed by atoms with van der Waals surface area (Å²) < 4.78 is 38.9. The van der Waals surface area contributed by atoms with Crippen molar-refractivity contribution in [2.24, 2.45) is 0 Å². The highest BCUT2D eigenvalue weighted by Crippen LogP contribution is 2.22. The SMILES string of the molecule is O=C(Oc1ccc(-c2nnco2)cc1)c1cccc(OC(F)F)c1. The minimum Gasteiger partial charge on any atom is -0.435 e. The molecule has 0 aliphatic heterocycles. The molecule has 1 aromatic heterocycles. The first-order chi connectivity index (χ1) is 11.6. The Bertz CT molecular complexity index is 820. The van der Waals surface area contributed by atoms with Crippen LogP contribution in [0.5, 0.6) is 11.5 Å². The van der Waals surface area contributed by atoms with Crippen molar-refractivity contribution in [2.45, 2.75) is 6.61 Å². The summed E-state index contributed by atoms with van der Waals surface area (Å²) in [5.41, 5.74) is 0.758. The van der Waals surface area contributed by atoms with Gasteiger partial charge in [-0.15, -0.1) is 10.2 Å². The van der Waals surface area contributed by atoms with E-state index in [1.165, 1.54) is 30.7 Å². The van der Waals surface area contributed by atoms with Crippen LogP contribution >= 0.6 is 0 Å². The van der Waals surface area contributed by atoms with Crippen LogP contribution in [-0.4, -0.2) is 22.8 Å². The van der Waals surface area contributed by atoms with Crippen molar-refractivity contribution in [1.29, 1.82) is 0 Å². The molecule has 8 heteroatoms. The number of ether oxygens (including phenoxy) is 2. The summed E-state index contributed by atoms with van der Waals surface area (Å²) in [7, 11) is 0. The molecule has 2 aromatic carbocycles. The van der Waals surface area contributed by atoms with Crippen molar-refractivity contribution in [1.82, 2.24) is 10.2 Å². The molecule has 6 nitrogen and oxygen atoms in total. The zero-order chi connectivity index (χ0) is 16.9. The summed E-state index contributed by atoms with van der Waals surface area (Å²) in [5.74, 6) is -0.195. The van der Waals surface area contributed by atoms with E-state index in [4.69, 9.17) is 9.15 Å². The molecule has 0 aliphatic carbocycles. The van der Waals surface area contributed by atoms with Crippen molar-refractivity contribution in [2.75, 3.05) is 0 Å². The number of halogens is 2. The number of hydrogen-bond acceptors (Lipinski definition) is 6. The van der Waals surface area contributed by atoms with Gasteiger partial charge in [-0.05, 0) is 42.5 Å². The number of alkyl halides is 2. The summed E-state index contributed by atoms with van der Waals surface area (Å²) in [5, 5.41) is 7.33. The van der Waals surface area contributed by atoms with Crippen molar-refractivity contribution in [3.63, 3.8) is 0 Å². The third-order valence-electron chi connectivity index (χ3n) is 2.97. The van der Waals surface area contributed by atoms with Crippen LogP contribution < -0.4 is 9.47 Å². The van der Waals surface area contributed by atoms with E-state index in [0.29, 0.717) is 11.5 Å². The molecule has 3 aromatic rings. The average molecular weight is 332 g/mol. The molecular formula is C16H10F2N2O4. The maximum absolute atomic E-state index is 12.2. The van der Waals surface area contributed by atoms with Crippen LogP contribution in [-0.2, 0) is 0 Å². The number of carbonyl (C=O) groups excluding carboxylic acids is 1. The van der Waals surface area contributed by atoms with Gasteiger partial charge in [0.1, 0.15) is 11.5 Å². The van der Waals surface area contributed by atoms with Gasteiger partial charge < -0.3 is 13.9 Å². The van der Waals surface area contributed by atoms with Gasteiger partial charge >= 0.3 is 12.6 Å². The molecular weight excluding hydrogens is 322 g/mol. The van der Waals surface area contributed by atoms with Gasteiger partial charge in [0.15, 0.2) is 0 Å². The monoisotopic (exact) mass is 332 g/mol. The number of nitrogens with zero attached hydrogens (tertiary/aromatic N) is 2. The van der Waals surface area contributed by atoms with Gasteiger partial charge in [-0.3, -0.25) is 0 Å². The minimum absolute atomic E-state index is 0.0918. The summed E-state index contributed by atoms with van der Waals surface area (Å²) in [6.07, 6.45) is 1.21. The molecule has 0 N–H and O–H groups in total. The Kier molecular flexibility index (Phi) is 4.46. The molecule has 0 aliphatic rings. The van der Waals surface area contributed by atoms with Gasteiger partial charge in [-0.2, -0.15) is 8.78 Å². The molecule has 0 saturated carbocycles. The second-order valence-corrected chi connectivity index (χ2v) is 4.56. The molecule has 24 heavy (non-hydrogen) atoms. The van der Waals surface area contributed by atoms with E-state index in [-0.39, 0.29) is 17.1 Å². The van der Waals surface area contributed by atoms with E-state index in [0.717, 1.165) is 0 Å². The lowest BCUT2D eigenvalue weighted by atomic mass is 10.2. The van der Waals surface area contributed by atoms with E-state index in [1.807, 2.05) is 0 Å². The lowest BCUT2D eigenvalue weighted by Crippen LogP contribution is -2.09. The van der Waals surface area contributed by atoms with Crippen LogP contribution in [0.3, 0.4) is 0 Å². The predicted octanol–water partition coefficient (Wildman–Crippen LogP) is 3.56. The fraction of sp³-hybridized carbons (Fsp3) is 0.0625. The van der Waals surface area contributed by atoms with E-state index in [2.05, 4.69) is 14.9 Å². The maximum Gasteiger partial charge on any atom is 0.387 e. The maximum atomic E-state index is 12.2. The number of carbonyl (C=O) groups is 1. The molecule has 1 heterocycles. The average Bonchev–Trinajstić information content (AvgIpc) is 3.09. The number of benzene rings is 2. The summed E-state index contributed by atoms with van der Waals surface area (Å²) >= 11 is 0. The lowest BCUT2D eigenvalue weighted by Gasteiger charge is -2.07. The molecule has 0 radical (unpaired) electrons. The molecule has 0 bridgehead atoms. The molecule has 0 unspecified atom stereocenters. The van der Waals surface area contributed by atoms with E-state index >= 15 is 0 Å². The van der Waals surface area contributed by atoms with E-state index in [9.17, 15) is 13.6 Å². The number of hydrogen-bond donors (Lipinski definition) is 0. The Morgan fingerprint density at radius 2 is 1.88 bits per heavy atom. The van der Waals surface area contributed by atoms with Gasteiger partial charge in [-0.1, -0.05) is 6.07 Å². The number of aromatic nitrogens is 2. The Balaban J connectivity index is 1.70. The Morgan fingerprint density at radius 1 is 1.08 bits per heavy atom. The predicted molar refractivity (Wildman–Crippen MR) is 77.8 cm³/mol. The van der Waals surface area contributed by atoms with Gasteiger partial charge in [-0.25, -0.2) is 4.79 Å². The lowest BCUT2D eigenvalue weighted by molar-refractivity contribution is -0.0499. The van der Waals surface area contributed by atoms with Crippen LogP contribution in [0.4, 0.5) is 8.78 Å². The molecule has 3 rings (SSSR count). The summed E-state index contributed by atoms with van der Waals surface area (Å²) in [6, 6.07) is 11.8. The highest BCUT2D eigenvalue weighted by molar-refractivity contribution is 5.91. The summed E-state index contributed by atoms with van der Waals surface area (Å²) in [6.45, 7) is -2.96. The van der Waals surface area contributed by atoms with Crippen LogP contribution in [0.2, 0.25) is 0 Å². The molecule has 122 valence electrons. The van der Waals surface area contributed by atoms with Gasteiger partial charge in [0.25, 0.3) is 0 Å². The van der Waals surface area contributed by atoms with Crippen molar-refractivity contribution >= 4 is 5.97 Å². The largest absolute Gasteiger partial charge is 0.435 e. The zero-order valence-electron chi connectivity index (χ0n) is 12.1. The second-order valence-electron chi connectivity index (χ2n) is 4.56. The molecule has 0 fully saturated rings. The molecule has 0 amide bonds. The van der Waals surface area contributed by atoms with Crippen LogP contribution in [0.1, 0.15) is 10.4 Å². The van der Waals surface area contributed by atoms with Gasteiger partial charge in [0.05, 0.1) is 5.56 Å². The molecule has 0 saturated heterocycles. The first-order valence-corrected chi connectivity index (χ1v) is 6.75. The van der Waals surface area contributed by atoms with Crippen LogP contribution in [0.15, 0.2) is 59.3 Å². The smallest absolute Gasteiger partial charge is 0.387 e. The fourth-order valence-electron chi connectivity index (χ4n) is 1.93. The highest BCUT2D eigenvalue weighted by atomic mass is 19.3. The van der Waals surface area contributed by atoms with Gasteiger partial charge in [0, 0.05) is 5.56 Å². The van der Waals surface area contributed by atoms with Crippen molar-refractivity contribution in [3.05, 3.63) is 60.5 Å². The van der Waals surface area contributed by atoms with Gasteiger partial charge in [0.2, 0.25) is 12.3 Å². The topological polar surface area (TPSA) is 74.5 Å². The second kappa shape index (κ2) is 6.86.